The minimum Gasteiger partial charge on any atom is -0.421 e. The van der Waals surface area contributed by atoms with E-state index in [9.17, 15) is 0 Å². The lowest BCUT2D eigenvalue weighted by Crippen LogP contribution is -2.35. The van der Waals surface area contributed by atoms with Crippen LogP contribution in [0.1, 0.15) is 49.0 Å². The topological polar surface area (TPSA) is 125 Å². The van der Waals surface area contributed by atoms with E-state index in [1.165, 1.54) is 12.8 Å². The lowest BCUT2D eigenvalue weighted by Gasteiger charge is -2.32. The summed E-state index contributed by atoms with van der Waals surface area (Å²) in [5.74, 6) is 2.07. The van der Waals surface area contributed by atoms with Crippen LogP contribution in [-0.2, 0) is 0 Å². The number of rotatable bonds is 7. The second kappa shape index (κ2) is 9.12. The van der Waals surface area contributed by atoms with Crippen molar-refractivity contribution in [3.63, 3.8) is 0 Å². The molecule has 0 atom stereocenters. The number of aromatic amines is 2. The first kappa shape index (κ1) is 22.7. The third kappa shape index (κ3) is 4.42. The summed E-state index contributed by atoms with van der Waals surface area (Å²) in [4.78, 5) is 18.6. The molecule has 0 radical (unpaired) electrons. The molecular formula is C26H27FN10O. The summed E-state index contributed by atoms with van der Waals surface area (Å²) >= 11 is 0. The molecule has 0 unspecified atom stereocenters. The van der Waals surface area contributed by atoms with Crippen LogP contribution < -0.4 is 15.0 Å². The predicted molar refractivity (Wildman–Crippen MR) is 139 cm³/mol. The molecule has 5 aromatic rings. The zero-order chi connectivity index (χ0) is 25.6. The minimum absolute atomic E-state index is 0.0619. The van der Waals surface area contributed by atoms with Gasteiger partial charge in [0.05, 0.1) is 6.04 Å². The van der Waals surface area contributed by atoms with Gasteiger partial charge in [-0.3, -0.25) is 5.10 Å². The van der Waals surface area contributed by atoms with Gasteiger partial charge in [0, 0.05) is 53.4 Å². The number of aryl methyl sites for hydroxylation is 1. The van der Waals surface area contributed by atoms with E-state index in [1.54, 1.807) is 30.9 Å². The molecular weight excluding hydrogens is 487 g/mol. The average Bonchev–Trinajstić information content (AvgIpc) is 3.28. The Kier molecular flexibility index (Phi) is 5.45. The van der Waals surface area contributed by atoms with Crippen LogP contribution >= 0.6 is 0 Å². The summed E-state index contributed by atoms with van der Waals surface area (Å²) in [5.41, 5.74) is 2.70. The van der Waals surface area contributed by atoms with E-state index in [4.69, 9.17) is 4.74 Å². The number of piperidine rings is 1. The lowest BCUT2D eigenvalue weighted by molar-refractivity contribution is 0.363. The number of aromatic nitrogens is 8. The van der Waals surface area contributed by atoms with Gasteiger partial charge in [0.15, 0.2) is 17.4 Å². The van der Waals surface area contributed by atoms with Gasteiger partial charge in [-0.25, -0.2) is 14.1 Å². The van der Waals surface area contributed by atoms with Gasteiger partial charge in [0.1, 0.15) is 24.3 Å². The summed E-state index contributed by atoms with van der Waals surface area (Å²) in [6.07, 6.45) is 7.48. The van der Waals surface area contributed by atoms with Gasteiger partial charge >= 0.3 is 6.01 Å². The fourth-order valence-electron chi connectivity index (χ4n) is 5.05. The number of benzene rings is 1. The highest BCUT2D eigenvalue weighted by atomic mass is 19.1. The van der Waals surface area contributed by atoms with Crippen molar-refractivity contribution in [2.45, 2.75) is 44.6 Å². The first-order valence-electron chi connectivity index (χ1n) is 12.9. The first-order chi connectivity index (χ1) is 18.6. The molecule has 1 aliphatic carbocycles. The van der Waals surface area contributed by atoms with E-state index in [1.807, 2.05) is 23.7 Å². The van der Waals surface area contributed by atoms with Gasteiger partial charge in [-0.2, -0.15) is 20.2 Å². The maximum atomic E-state index is 15.3. The van der Waals surface area contributed by atoms with E-state index in [-0.39, 0.29) is 11.8 Å². The molecule has 194 valence electrons. The molecule has 0 bridgehead atoms. The molecule has 1 aromatic carbocycles. The number of hydrogen-bond acceptors (Lipinski definition) is 8. The van der Waals surface area contributed by atoms with E-state index >= 15 is 4.39 Å². The van der Waals surface area contributed by atoms with E-state index < -0.39 is 5.82 Å². The third-order valence-electron chi connectivity index (χ3n) is 7.20. The highest BCUT2D eigenvalue weighted by molar-refractivity contribution is 5.82. The van der Waals surface area contributed by atoms with Crippen LogP contribution in [0.5, 0.6) is 11.8 Å². The molecule has 5 heterocycles. The van der Waals surface area contributed by atoms with Crippen molar-refractivity contribution in [3.8, 4) is 11.8 Å². The molecule has 1 aliphatic heterocycles. The summed E-state index contributed by atoms with van der Waals surface area (Å²) in [6, 6.07) is 9.38. The largest absolute Gasteiger partial charge is 0.421 e. The number of hydrogen-bond donors (Lipinski definition) is 3. The molecule has 12 heteroatoms. The molecule has 4 aromatic heterocycles. The summed E-state index contributed by atoms with van der Waals surface area (Å²) in [5, 5.41) is 15.5. The fourth-order valence-corrected chi connectivity index (χ4v) is 5.05. The van der Waals surface area contributed by atoms with Gasteiger partial charge in [-0.05, 0) is 50.8 Å². The Bertz CT molecular complexity index is 1580. The monoisotopic (exact) mass is 514 g/mol. The van der Waals surface area contributed by atoms with Gasteiger partial charge < -0.3 is 19.9 Å². The van der Waals surface area contributed by atoms with Crippen molar-refractivity contribution in [1.82, 2.24) is 39.9 Å². The minimum atomic E-state index is -0.453. The molecule has 11 nitrogen and oxygen atoms in total. The van der Waals surface area contributed by atoms with Crippen LogP contribution in [0.15, 0.2) is 43.0 Å². The van der Waals surface area contributed by atoms with Crippen LogP contribution in [0, 0.1) is 12.7 Å². The second-order valence-electron chi connectivity index (χ2n) is 9.99. The van der Waals surface area contributed by atoms with Gasteiger partial charge in [0.25, 0.3) is 0 Å². The zero-order valence-corrected chi connectivity index (χ0v) is 20.9. The Hall–Kier alpha value is -4.48. The second-order valence-corrected chi connectivity index (χ2v) is 9.99. The highest BCUT2D eigenvalue weighted by Gasteiger charge is 2.26. The van der Waals surface area contributed by atoms with Crippen molar-refractivity contribution in [2.75, 3.05) is 23.3 Å². The molecule has 3 N–H and O–H groups in total. The fraction of sp³-hybridized carbons (Fsp3) is 0.346. The van der Waals surface area contributed by atoms with Crippen molar-refractivity contribution >= 4 is 28.4 Å². The van der Waals surface area contributed by atoms with E-state index in [0.29, 0.717) is 40.3 Å². The maximum Gasteiger partial charge on any atom is 0.326 e. The number of halogens is 1. The average molecular weight is 515 g/mol. The van der Waals surface area contributed by atoms with Crippen molar-refractivity contribution in [2.24, 2.45) is 0 Å². The number of nitrogens with one attached hydrogen (secondary N) is 3. The van der Waals surface area contributed by atoms with Gasteiger partial charge in [-0.15, -0.1) is 0 Å². The zero-order valence-electron chi connectivity index (χ0n) is 20.9. The SMILES string of the molecule is Cc1cc2c(F)c(Oc3nc(Nc4cc(C5CC5)[nH]n4)cc(N4CCC(n5cncn5)CC4)n3)ccc2[nH]1. The Morgan fingerprint density at radius 3 is 2.71 bits per heavy atom. The number of nitrogens with zero attached hydrogens (tertiary/aromatic N) is 7. The Balaban J connectivity index is 1.18. The normalized spacial score (nSPS) is 16.3. The number of H-pyrrole nitrogens is 2. The molecule has 0 spiro atoms. The van der Waals surface area contributed by atoms with Crippen molar-refractivity contribution in [3.05, 3.63) is 60.2 Å². The lowest BCUT2D eigenvalue weighted by atomic mass is 10.1. The predicted octanol–water partition coefficient (Wildman–Crippen LogP) is 4.97. The summed E-state index contributed by atoms with van der Waals surface area (Å²) < 4.78 is 23.1. The van der Waals surface area contributed by atoms with Crippen LogP contribution in [0.25, 0.3) is 10.9 Å². The molecule has 7 rings (SSSR count). The molecule has 2 fully saturated rings. The smallest absolute Gasteiger partial charge is 0.326 e. The number of fused-ring (bicyclic) bond motifs is 1. The molecule has 2 aliphatic rings. The van der Waals surface area contributed by atoms with Crippen molar-refractivity contribution in [1.29, 1.82) is 0 Å². The van der Waals surface area contributed by atoms with Gasteiger partial charge in [0.2, 0.25) is 0 Å². The van der Waals surface area contributed by atoms with Crippen LogP contribution in [0.3, 0.4) is 0 Å². The van der Waals surface area contributed by atoms with Crippen molar-refractivity contribution < 1.29 is 9.13 Å². The standard InChI is InChI=1S/C26H27FN10O/c1-15-10-18-19(30-15)4-5-21(25(18)27)38-26-32-22(31-23-11-20(34-35-23)16-2-3-16)12-24(33-26)36-8-6-17(7-9-36)37-14-28-13-29-37/h4-5,10-14,16-17,30H,2-3,6-9H2,1H3,(H2,31,32,33,34,35). The quantitative estimate of drug-likeness (QED) is 0.278. The first-order valence-corrected chi connectivity index (χ1v) is 12.9. The molecule has 38 heavy (non-hydrogen) atoms. The van der Waals surface area contributed by atoms with E-state index in [2.05, 4.69) is 45.4 Å². The summed E-state index contributed by atoms with van der Waals surface area (Å²) in [6.45, 7) is 3.44. The molecule has 1 saturated carbocycles. The van der Waals surface area contributed by atoms with Gasteiger partial charge in [-0.1, -0.05) is 0 Å². The number of ether oxygens (including phenoxy) is 1. The molecule has 0 amide bonds. The number of anilines is 3. The molecule has 1 saturated heterocycles. The Morgan fingerprint density at radius 2 is 1.92 bits per heavy atom. The maximum absolute atomic E-state index is 15.3. The Labute approximate surface area is 217 Å². The van der Waals surface area contributed by atoms with Crippen LogP contribution in [0.4, 0.5) is 21.8 Å². The Morgan fingerprint density at radius 1 is 1.05 bits per heavy atom. The van der Waals surface area contributed by atoms with Crippen LogP contribution in [0.2, 0.25) is 0 Å². The highest BCUT2D eigenvalue weighted by Crippen LogP contribution is 2.40. The van der Waals surface area contributed by atoms with E-state index in [0.717, 1.165) is 37.3 Å². The summed E-state index contributed by atoms with van der Waals surface area (Å²) in [7, 11) is 0. The van der Waals surface area contributed by atoms with Crippen LogP contribution in [-0.4, -0.2) is 53.0 Å². The third-order valence-corrected chi connectivity index (χ3v) is 7.20.